The van der Waals surface area contributed by atoms with Gasteiger partial charge in [-0.05, 0) is 12.5 Å². The van der Waals surface area contributed by atoms with Gasteiger partial charge >= 0.3 is 0 Å². The topological polar surface area (TPSA) is 29.1 Å². The highest BCUT2D eigenvalue weighted by Crippen LogP contribution is 2.10. The summed E-state index contributed by atoms with van der Waals surface area (Å²) in [6, 6.07) is 0. The summed E-state index contributed by atoms with van der Waals surface area (Å²) in [7, 11) is 4.11. The lowest BCUT2D eigenvalue weighted by atomic mass is 10.1. The minimum absolute atomic E-state index is 0. The molecule has 0 heterocycles. The zero-order chi connectivity index (χ0) is 16.7. The first-order valence-electron chi connectivity index (χ1n) is 9.21. The number of halogens is 1. The molecule has 0 atom stereocenters. The lowest BCUT2D eigenvalue weighted by Crippen LogP contribution is -3.00. The van der Waals surface area contributed by atoms with E-state index in [0.29, 0.717) is 11.0 Å². The molecule has 0 aromatic rings. The summed E-state index contributed by atoms with van der Waals surface area (Å²) in [5, 5.41) is 3.03. The fourth-order valence-electron chi connectivity index (χ4n) is 2.70. The third-order valence-corrected chi connectivity index (χ3v) is 4.05. The number of rotatable bonds is 15. The van der Waals surface area contributed by atoms with Crippen molar-refractivity contribution in [2.24, 2.45) is 0 Å². The Kier molecular flexibility index (Phi) is 17.5. The van der Waals surface area contributed by atoms with Crippen molar-refractivity contribution in [2.75, 3.05) is 33.7 Å². The van der Waals surface area contributed by atoms with Crippen molar-refractivity contribution in [3.8, 4) is 0 Å². The van der Waals surface area contributed by atoms with Crippen LogP contribution in [0.2, 0.25) is 0 Å². The highest BCUT2D eigenvalue weighted by molar-refractivity contribution is 5.77. The van der Waals surface area contributed by atoms with Crippen LogP contribution in [0.1, 0.15) is 71.1 Å². The summed E-state index contributed by atoms with van der Waals surface area (Å²) in [5.74, 6) is 0.155. The molecule has 0 aliphatic carbocycles. The van der Waals surface area contributed by atoms with Crippen molar-refractivity contribution in [3.63, 3.8) is 0 Å². The third-order valence-electron chi connectivity index (χ3n) is 4.05. The normalized spacial score (nSPS) is 10.9. The first kappa shape index (κ1) is 24.7. The van der Waals surface area contributed by atoms with Crippen LogP contribution in [-0.4, -0.2) is 44.1 Å². The predicted octanol–water partition coefficient (Wildman–Crippen LogP) is 1.29. The number of carbonyl (C=O) groups is 1. The maximum atomic E-state index is 11.8. The van der Waals surface area contributed by atoms with Crippen LogP contribution in [0.15, 0.2) is 12.7 Å². The van der Waals surface area contributed by atoms with E-state index < -0.39 is 0 Å². The van der Waals surface area contributed by atoms with Gasteiger partial charge in [-0.2, -0.15) is 0 Å². The van der Waals surface area contributed by atoms with E-state index in [0.717, 1.165) is 19.5 Å². The van der Waals surface area contributed by atoms with Crippen LogP contribution in [0.3, 0.4) is 0 Å². The lowest BCUT2D eigenvalue weighted by Gasteiger charge is -2.27. The molecular weight excluding hydrogens is 308 g/mol. The van der Waals surface area contributed by atoms with Crippen LogP contribution in [0.25, 0.3) is 0 Å². The van der Waals surface area contributed by atoms with Crippen molar-refractivity contribution in [3.05, 3.63) is 12.7 Å². The molecule has 0 bridgehead atoms. The second-order valence-corrected chi connectivity index (χ2v) is 7.10. The van der Waals surface area contributed by atoms with E-state index in [1.54, 1.807) is 0 Å². The van der Waals surface area contributed by atoms with Gasteiger partial charge in [0.25, 0.3) is 5.91 Å². The molecule has 23 heavy (non-hydrogen) atoms. The quantitative estimate of drug-likeness (QED) is 0.270. The molecule has 0 unspecified atom stereocenters. The first-order valence-corrected chi connectivity index (χ1v) is 9.21. The number of likely N-dealkylation sites (N-methyl/N-ethyl adjacent to an activating group) is 1. The van der Waals surface area contributed by atoms with Crippen LogP contribution in [0.5, 0.6) is 0 Å². The molecule has 3 nitrogen and oxygen atoms in total. The largest absolute Gasteiger partial charge is 1.00 e. The van der Waals surface area contributed by atoms with Crippen LogP contribution in [0, 0.1) is 0 Å². The molecule has 138 valence electrons. The summed E-state index contributed by atoms with van der Waals surface area (Å²) in [6.07, 6.45) is 15.2. The predicted molar refractivity (Wildman–Crippen MR) is 96.9 cm³/mol. The second-order valence-electron chi connectivity index (χ2n) is 7.10. The highest BCUT2D eigenvalue weighted by Gasteiger charge is 2.17. The molecular formula is C19H39ClN2O. The van der Waals surface area contributed by atoms with Gasteiger partial charge in [-0.25, -0.2) is 0 Å². The van der Waals surface area contributed by atoms with Crippen molar-refractivity contribution < 1.29 is 21.7 Å². The van der Waals surface area contributed by atoms with Gasteiger partial charge in [0, 0.05) is 6.54 Å². The average molecular weight is 347 g/mol. The second kappa shape index (κ2) is 16.3. The Balaban J connectivity index is 0. The highest BCUT2D eigenvalue weighted by atomic mass is 35.5. The molecule has 0 aromatic heterocycles. The van der Waals surface area contributed by atoms with Crippen molar-refractivity contribution in [1.29, 1.82) is 0 Å². The molecule has 0 saturated heterocycles. The Morgan fingerprint density at radius 3 is 1.91 bits per heavy atom. The minimum Gasteiger partial charge on any atom is -1.00 e. The van der Waals surface area contributed by atoms with Gasteiger partial charge in [-0.3, -0.25) is 4.79 Å². The number of amides is 1. The van der Waals surface area contributed by atoms with Crippen molar-refractivity contribution in [2.45, 2.75) is 71.1 Å². The van der Waals surface area contributed by atoms with E-state index in [4.69, 9.17) is 0 Å². The molecule has 0 aliphatic heterocycles. The monoisotopic (exact) mass is 346 g/mol. The summed E-state index contributed by atoms with van der Waals surface area (Å²) < 4.78 is 0.674. The third kappa shape index (κ3) is 17.6. The first-order chi connectivity index (χ1) is 10.5. The van der Waals surface area contributed by atoms with Crippen LogP contribution >= 0.6 is 0 Å². The fraction of sp³-hybridized carbons (Fsp3) is 0.842. The van der Waals surface area contributed by atoms with E-state index in [1.165, 1.54) is 57.8 Å². The summed E-state index contributed by atoms with van der Waals surface area (Å²) in [4.78, 5) is 11.8. The number of hydrogen-bond acceptors (Lipinski definition) is 1. The maximum absolute atomic E-state index is 11.8. The van der Waals surface area contributed by atoms with Crippen LogP contribution < -0.4 is 17.7 Å². The summed E-state index contributed by atoms with van der Waals surface area (Å²) >= 11 is 0. The van der Waals surface area contributed by atoms with Gasteiger partial charge in [-0.1, -0.05) is 71.3 Å². The van der Waals surface area contributed by atoms with Gasteiger partial charge in [0.05, 0.1) is 20.6 Å². The number of carbonyl (C=O) groups excluding carboxylic acids is 1. The van der Waals surface area contributed by atoms with E-state index in [-0.39, 0.29) is 18.3 Å². The molecule has 0 spiro atoms. The van der Waals surface area contributed by atoms with Gasteiger partial charge in [-0.15, -0.1) is 0 Å². The zero-order valence-corrected chi connectivity index (χ0v) is 16.5. The number of nitrogens with one attached hydrogen (secondary N) is 1. The van der Waals surface area contributed by atoms with Crippen LogP contribution in [-0.2, 0) is 4.79 Å². The number of unbranched alkanes of at least 4 members (excludes halogenated alkanes) is 9. The van der Waals surface area contributed by atoms with E-state index in [1.807, 2.05) is 6.08 Å². The van der Waals surface area contributed by atoms with E-state index >= 15 is 0 Å². The van der Waals surface area contributed by atoms with Gasteiger partial charge in [0.15, 0.2) is 6.54 Å². The molecule has 4 heteroatoms. The number of quaternary nitrogens is 1. The van der Waals surface area contributed by atoms with E-state index in [9.17, 15) is 4.79 Å². The molecule has 0 aliphatic rings. The van der Waals surface area contributed by atoms with Crippen LogP contribution in [0.4, 0.5) is 0 Å². The van der Waals surface area contributed by atoms with Gasteiger partial charge < -0.3 is 22.2 Å². The van der Waals surface area contributed by atoms with E-state index in [2.05, 4.69) is 32.9 Å². The summed E-state index contributed by atoms with van der Waals surface area (Å²) in [5.41, 5.74) is 0. The SMILES string of the molecule is C=CC[N+](C)(C)CC(=O)NCCCCCCCCCCCC.[Cl-]. The summed E-state index contributed by atoms with van der Waals surface area (Å²) in [6.45, 7) is 8.18. The number of nitrogens with zero attached hydrogens (tertiary/aromatic N) is 1. The molecule has 0 radical (unpaired) electrons. The fourth-order valence-corrected chi connectivity index (χ4v) is 2.70. The average Bonchev–Trinajstić information content (AvgIpc) is 2.44. The molecule has 0 rings (SSSR count). The smallest absolute Gasteiger partial charge is 0.275 e. The Bertz CT molecular complexity index is 293. The Hall–Kier alpha value is -0.540. The molecule has 0 saturated carbocycles. The Labute approximate surface area is 150 Å². The van der Waals surface area contributed by atoms with Crippen molar-refractivity contribution >= 4 is 5.91 Å². The minimum atomic E-state index is 0. The zero-order valence-electron chi connectivity index (χ0n) is 15.7. The Morgan fingerprint density at radius 2 is 1.43 bits per heavy atom. The molecule has 1 amide bonds. The maximum Gasteiger partial charge on any atom is 0.275 e. The van der Waals surface area contributed by atoms with Gasteiger partial charge in [0.2, 0.25) is 0 Å². The molecule has 1 N–H and O–H groups in total. The lowest BCUT2D eigenvalue weighted by molar-refractivity contribution is -0.876. The standard InChI is InChI=1S/C19H38N2O.ClH/c1-5-7-8-9-10-11-12-13-14-15-16-20-19(22)18-21(3,4)17-6-2;/h6H,2,5,7-18H2,1,3-4H3;1H. The van der Waals surface area contributed by atoms with Crippen molar-refractivity contribution in [1.82, 2.24) is 5.32 Å². The Morgan fingerprint density at radius 1 is 0.957 bits per heavy atom. The molecule has 0 fully saturated rings. The molecule has 0 aromatic carbocycles. The van der Waals surface area contributed by atoms with Gasteiger partial charge in [0.1, 0.15) is 0 Å². The number of hydrogen-bond donors (Lipinski definition) is 1.